The van der Waals surface area contributed by atoms with E-state index in [1.165, 1.54) is 40.3 Å². The number of esters is 1. The van der Waals surface area contributed by atoms with Crippen LogP contribution in [-0.4, -0.2) is 49.4 Å². The molecule has 1 unspecified atom stereocenters. The van der Waals surface area contributed by atoms with E-state index in [0.29, 0.717) is 13.3 Å². The molecule has 4 rings (SSSR count). The van der Waals surface area contributed by atoms with Gasteiger partial charge in [0, 0.05) is 24.7 Å². The number of benzene rings is 1. The molecule has 2 aliphatic rings. The number of ether oxygens (including phenoxy) is 2. The van der Waals surface area contributed by atoms with Crippen molar-refractivity contribution in [3.05, 3.63) is 42.1 Å². The lowest BCUT2D eigenvalue weighted by Crippen LogP contribution is -2.33. The predicted octanol–water partition coefficient (Wildman–Crippen LogP) is 5.87. The number of pyridine rings is 1. The smallest absolute Gasteiger partial charge is 0.308 e. The maximum Gasteiger partial charge on any atom is 0.308 e. The van der Waals surface area contributed by atoms with Crippen LogP contribution in [0.2, 0.25) is 0 Å². The van der Waals surface area contributed by atoms with E-state index in [4.69, 9.17) is 9.47 Å². The number of methoxy groups -OCH3 is 1. The standard InChI is InChI=1S/C27H37N3O3S/c1-4-33-27(31)20(2)7-5-8-21-12-15-29(16-13-21)18-22-10-11-24-23(17-22)30(19-32-3)26-25(34-24)9-6-14-28-26/h6,9-11,14,17,20-21H,4-5,7-8,12-13,15-16,18-19H2,1-3H3. The number of carbonyl (C=O) groups excluding carboxylic acids is 1. The summed E-state index contributed by atoms with van der Waals surface area (Å²) in [7, 11) is 1.73. The zero-order valence-electron chi connectivity index (χ0n) is 20.7. The van der Waals surface area contributed by atoms with Crippen molar-refractivity contribution in [3.63, 3.8) is 0 Å². The molecule has 0 spiro atoms. The Bertz CT molecular complexity index is 962. The van der Waals surface area contributed by atoms with Crippen LogP contribution in [0.25, 0.3) is 0 Å². The van der Waals surface area contributed by atoms with Gasteiger partial charge in [-0.05, 0) is 75.0 Å². The van der Waals surface area contributed by atoms with Gasteiger partial charge in [0.05, 0.1) is 23.1 Å². The van der Waals surface area contributed by atoms with Gasteiger partial charge in [0.1, 0.15) is 12.5 Å². The van der Waals surface area contributed by atoms with Crippen LogP contribution in [0.3, 0.4) is 0 Å². The lowest BCUT2D eigenvalue weighted by atomic mass is 9.90. The van der Waals surface area contributed by atoms with Crippen LogP contribution in [0.5, 0.6) is 0 Å². The highest BCUT2D eigenvalue weighted by Crippen LogP contribution is 2.47. The zero-order valence-corrected chi connectivity index (χ0v) is 21.5. The van der Waals surface area contributed by atoms with Gasteiger partial charge in [0.15, 0.2) is 0 Å². The summed E-state index contributed by atoms with van der Waals surface area (Å²) < 4.78 is 10.6. The van der Waals surface area contributed by atoms with E-state index in [-0.39, 0.29) is 11.9 Å². The minimum Gasteiger partial charge on any atom is -0.466 e. The summed E-state index contributed by atoms with van der Waals surface area (Å²) >= 11 is 1.78. The molecule has 34 heavy (non-hydrogen) atoms. The molecule has 0 bridgehead atoms. The maximum atomic E-state index is 11.8. The van der Waals surface area contributed by atoms with Crippen molar-refractivity contribution in [2.45, 2.75) is 62.3 Å². The summed E-state index contributed by atoms with van der Waals surface area (Å²) in [6.07, 6.45) is 7.58. The van der Waals surface area contributed by atoms with Gasteiger partial charge < -0.3 is 14.4 Å². The highest BCUT2D eigenvalue weighted by Gasteiger charge is 2.26. The molecule has 2 aromatic rings. The third-order valence-corrected chi connectivity index (χ3v) is 7.95. The SMILES string of the molecule is CCOC(=O)C(C)CCCC1CCN(Cc2ccc3c(c2)N(COC)c2ncccc2S3)CC1. The molecule has 0 aliphatic carbocycles. The van der Waals surface area contributed by atoms with E-state index in [9.17, 15) is 4.79 Å². The summed E-state index contributed by atoms with van der Waals surface area (Å²) in [4.78, 5) is 23.6. The molecule has 1 saturated heterocycles. The normalized spacial score (nSPS) is 17.2. The summed E-state index contributed by atoms with van der Waals surface area (Å²) in [5.74, 6) is 1.70. The first-order valence-corrected chi connectivity index (χ1v) is 13.3. The van der Waals surface area contributed by atoms with Gasteiger partial charge in [-0.3, -0.25) is 9.69 Å². The molecule has 0 saturated carbocycles. The molecule has 1 aromatic heterocycles. The van der Waals surface area contributed by atoms with Crippen molar-refractivity contribution in [3.8, 4) is 0 Å². The van der Waals surface area contributed by atoms with Crippen molar-refractivity contribution in [2.75, 3.05) is 38.4 Å². The van der Waals surface area contributed by atoms with Crippen LogP contribution >= 0.6 is 11.8 Å². The Kier molecular flexibility index (Phi) is 8.86. The minimum atomic E-state index is -0.0518. The minimum absolute atomic E-state index is 0.0158. The van der Waals surface area contributed by atoms with Crippen LogP contribution in [0.15, 0.2) is 46.3 Å². The molecular formula is C27H37N3O3S. The zero-order chi connectivity index (χ0) is 23.9. The molecule has 1 aromatic carbocycles. The van der Waals surface area contributed by atoms with Crippen molar-refractivity contribution < 1.29 is 14.3 Å². The van der Waals surface area contributed by atoms with Gasteiger partial charge >= 0.3 is 5.97 Å². The van der Waals surface area contributed by atoms with E-state index in [1.54, 1.807) is 18.9 Å². The largest absolute Gasteiger partial charge is 0.466 e. The first-order valence-electron chi connectivity index (χ1n) is 12.5. The van der Waals surface area contributed by atoms with Crippen LogP contribution in [0.4, 0.5) is 11.5 Å². The molecule has 7 heteroatoms. The Morgan fingerprint density at radius 2 is 2.06 bits per heavy atom. The van der Waals surface area contributed by atoms with Gasteiger partial charge in [-0.2, -0.15) is 0 Å². The van der Waals surface area contributed by atoms with Crippen LogP contribution < -0.4 is 4.90 Å². The summed E-state index contributed by atoms with van der Waals surface area (Å²) in [5, 5.41) is 0. The average Bonchev–Trinajstić information content (AvgIpc) is 2.85. The number of nitrogens with zero attached hydrogens (tertiary/aromatic N) is 3. The molecular weight excluding hydrogens is 446 g/mol. The topological polar surface area (TPSA) is 54.9 Å². The van der Waals surface area contributed by atoms with Crippen molar-refractivity contribution in [1.82, 2.24) is 9.88 Å². The number of rotatable bonds is 10. The average molecular weight is 484 g/mol. The highest BCUT2D eigenvalue weighted by atomic mass is 32.2. The fraction of sp³-hybridized carbons (Fsp3) is 0.556. The van der Waals surface area contributed by atoms with E-state index >= 15 is 0 Å². The number of hydrogen-bond donors (Lipinski definition) is 0. The van der Waals surface area contributed by atoms with Gasteiger partial charge in [0.2, 0.25) is 0 Å². The highest BCUT2D eigenvalue weighted by molar-refractivity contribution is 7.99. The number of hydrogen-bond acceptors (Lipinski definition) is 7. The second kappa shape index (κ2) is 12.0. The third kappa shape index (κ3) is 6.12. The fourth-order valence-corrected chi connectivity index (χ4v) is 5.97. The lowest BCUT2D eigenvalue weighted by molar-refractivity contribution is -0.147. The monoisotopic (exact) mass is 483 g/mol. The van der Waals surface area contributed by atoms with E-state index in [1.807, 2.05) is 26.1 Å². The Morgan fingerprint density at radius 3 is 2.82 bits per heavy atom. The van der Waals surface area contributed by atoms with Crippen LogP contribution in [0, 0.1) is 11.8 Å². The van der Waals surface area contributed by atoms with Gasteiger partial charge in [-0.15, -0.1) is 0 Å². The fourth-order valence-electron chi connectivity index (χ4n) is 4.92. The number of fused-ring (bicyclic) bond motifs is 2. The summed E-state index contributed by atoms with van der Waals surface area (Å²) in [6, 6.07) is 10.9. The second-order valence-electron chi connectivity index (χ2n) is 9.38. The van der Waals surface area contributed by atoms with Crippen molar-refractivity contribution in [1.29, 1.82) is 0 Å². The molecule has 1 atom stereocenters. The first kappa shape index (κ1) is 25.0. The molecule has 0 radical (unpaired) electrons. The Labute approximate surface area is 208 Å². The van der Waals surface area contributed by atoms with Gasteiger partial charge in [-0.1, -0.05) is 37.6 Å². The summed E-state index contributed by atoms with van der Waals surface area (Å²) in [6.45, 7) is 8.06. The number of carbonyl (C=O) groups is 1. The quantitative estimate of drug-likeness (QED) is 0.392. The Morgan fingerprint density at radius 1 is 1.24 bits per heavy atom. The van der Waals surface area contributed by atoms with Crippen molar-refractivity contribution in [2.24, 2.45) is 11.8 Å². The number of piperidine rings is 1. The van der Waals surface area contributed by atoms with E-state index in [0.717, 1.165) is 44.2 Å². The van der Waals surface area contributed by atoms with Crippen LogP contribution in [-0.2, 0) is 20.8 Å². The summed E-state index contributed by atoms with van der Waals surface area (Å²) in [5.41, 5.74) is 2.52. The third-order valence-electron chi connectivity index (χ3n) is 6.85. The van der Waals surface area contributed by atoms with Crippen molar-refractivity contribution >= 4 is 29.2 Å². The molecule has 6 nitrogen and oxygen atoms in total. The molecule has 3 heterocycles. The second-order valence-corrected chi connectivity index (χ2v) is 10.5. The van der Waals surface area contributed by atoms with Crippen LogP contribution in [0.1, 0.15) is 51.5 Å². The lowest BCUT2D eigenvalue weighted by Gasteiger charge is -2.33. The first-order chi connectivity index (χ1) is 16.6. The molecule has 1 fully saturated rings. The molecule has 2 aliphatic heterocycles. The van der Waals surface area contributed by atoms with Gasteiger partial charge in [-0.25, -0.2) is 4.98 Å². The number of aromatic nitrogens is 1. The predicted molar refractivity (Wildman–Crippen MR) is 136 cm³/mol. The molecule has 0 N–H and O–H groups in total. The van der Waals surface area contributed by atoms with Gasteiger partial charge in [0.25, 0.3) is 0 Å². The number of anilines is 2. The Balaban J connectivity index is 1.29. The number of likely N-dealkylation sites (tertiary alicyclic amines) is 1. The van der Waals surface area contributed by atoms with E-state index < -0.39 is 0 Å². The van der Waals surface area contributed by atoms with E-state index in [2.05, 4.69) is 39.0 Å². The Hall–Kier alpha value is -2.09. The molecule has 0 amide bonds. The molecule has 184 valence electrons. The maximum absolute atomic E-state index is 11.8.